The lowest BCUT2D eigenvalue weighted by Crippen LogP contribution is -2.43. The van der Waals surface area contributed by atoms with Crippen LogP contribution in [0, 0.1) is 0 Å². The number of carbonyl (C=O) groups excluding carboxylic acids is 2. The van der Waals surface area contributed by atoms with E-state index in [0.29, 0.717) is 0 Å². The average Bonchev–Trinajstić information content (AvgIpc) is 2.44. The van der Waals surface area contributed by atoms with Gasteiger partial charge in [-0.3, -0.25) is 24.6 Å². The van der Waals surface area contributed by atoms with Crippen LogP contribution in [0.2, 0.25) is 0 Å². The lowest BCUT2D eigenvalue weighted by molar-refractivity contribution is -0.139. The van der Waals surface area contributed by atoms with Gasteiger partial charge in [0.25, 0.3) is 0 Å². The number of amides is 2. The highest BCUT2D eigenvalue weighted by Crippen LogP contribution is 2.10. The smallest absolute Gasteiger partial charge is 0.317 e. The summed E-state index contributed by atoms with van der Waals surface area (Å²) < 4.78 is 0. The van der Waals surface area contributed by atoms with Crippen molar-refractivity contribution >= 4 is 17.8 Å². The third-order valence-corrected chi connectivity index (χ3v) is 2.09. The molecule has 0 bridgehead atoms. The van der Waals surface area contributed by atoms with Crippen molar-refractivity contribution < 1.29 is 19.5 Å². The number of carboxylic acids is 1. The fourth-order valence-electron chi connectivity index (χ4n) is 1.48. The van der Waals surface area contributed by atoms with Crippen LogP contribution in [0.25, 0.3) is 0 Å². The van der Waals surface area contributed by atoms with Crippen molar-refractivity contribution in [3.8, 4) is 0 Å². The van der Waals surface area contributed by atoms with Crippen molar-refractivity contribution in [1.29, 1.82) is 0 Å². The Kier molecular flexibility index (Phi) is 3.56. The number of imide groups is 1. The molecule has 6 heteroatoms. The van der Waals surface area contributed by atoms with Crippen LogP contribution in [-0.4, -0.2) is 46.9 Å². The van der Waals surface area contributed by atoms with Crippen LogP contribution in [0.4, 0.5) is 0 Å². The standard InChI is InChI=1S/C9H12N2O4/c1-2-3-11(5-8(13)14)6-4-7(12)10-9(6)15/h2,6H,1,3-5H2,(H,13,14)(H,10,12,15). The van der Waals surface area contributed by atoms with Crippen LogP contribution in [0.5, 0.6) is 0 Å². The fourth-order valence-corrected chi connectivity index (χ4v) is 1.48. The predicted octanol–water partition coefficient (Wildman–Crippen LogP) is -1.03. The second-order valence-electron chi connectivity index (χ2n) is 3.24. The molecule has 6 nitrogen and oxygen atoms in total. The Labute approximate surface area is 86.6 Å². The van der Waals surface area contributed by atoms with E-state index in [1.54, 1.807) is 0 Å². The van der Waals surface area contributed by atoms with E-state index >= 15 is 0 Å². The SMILES string of the molecule is C=CCN(CC(=O)O)C1CC(=O)NC1=O. The molecule has 1 unspecified atom stereocenters. The van der Waals surface area contributed by atoms with E-state index in [0.717, 1.165) is 0 Å². The largest absolute Gasteiger partial charge is 0.480 e. The quantitative estimate of drug-likeness (QED) is 0.449. The summed E-state index contributed by atoms with van der Waals surface area (Å²) in [6.45, 7) is 3.45. The summed E-state index contributed by atoms with van der Waals surface area (Å²) in [5.41, 5.74) is 0. The third-order valence-electron chi connectivity index (χ3n) is 2.09. The van der Waals surface area contributed by atoms with Gasteiger partial charge >= 0.3 is 5.97 Å². The molecule has 1 rings (SSSR count). The van der Waals surface area contributed by atoms with Crippen LogP contribution in [0.3, 0.4) is 0 Å². The number of nitrogens with one attached hydrogen (secondary N) is 1. The van der Waals surface area contributed by atoms with Crippen LogP contribution in [0.1, 0.15) is 6.42 Å². The Hall–Kier alpha value is -1.69. The van der Waals surface area contributed by atoms with Gasteiger partial charge in [-0.15, -0.1) is 6.58 Å². The number of nitrogens with zero attached hydrogens (tertiary/aromatic N) is 1. The number of hydrogen-bond donors (Lipinski definition) is 2. The van der Waals surface area contributed by atoms with Crippen molar-refractivity contribution in [2.24, 2.45) is 0 Å². The molecule has 0 aromatic carbocycles. The molecule has 1 atom stereocenters. The lowest BCUT2D eigenvalue weighted by atomic mass is 10.2. The summed E-state index contributed by atoms with van der Waals surface area (Å²) in [6, 6.07) is -0.688. The zero-order chi connectivity index (χ0) is 11.4. The Morgan fingerprint density at radius 1 is 1.67 bits per heavy atom. The molecule has 0 aliphatic carbocycles. The molecule has 15 heavy (non-hydrogen) atoms. The van der Waals surface area contributed by atoms with E-state index in [-0.39, 0.29) is 25.4 Å². The predicted molar refractivity (Wildman–Crippen MR) is 51.0 cm³/mol. The lowest BCUT2D eigenvalue weighted by Gasteiger charge is -2.22. The number of aliphatic carboxylic acids is 1. The highest BCUT2D eigenvalue weighted by atomic mass is 16.4. The van der Waals surface area contributed by atoms with Crippen molar-refractivity contribution in [2.45, 2.75) is 12.5 Å². The van der Waals surface area contributed by atoms with Gasteiger partial charge < -0.3 is 5.11 Å². The topological polar surface area (TPSA) is 86.7 Å². The van der Waals surface area contributed by atoms with Gasteiger partial charge in [0.2, 0.25) is 11.8 Å². The van der Waals surface area contributed by atoms with E-state index in [2.05, 4.69) is 11.9 Å². The van der Waals surface area contributed by atoms with Gasteiger partial charge in [-0.2, -0.15) is 0 Å². The minimum absolute atomic E-state index is 0.0138. The summed E-state index contributed by atoms with van der Waals surface area (Å²) in [5.74, 6) is -1.85. The van der Waals surface area contributed by atoms with Gasteiger partial charge in [-0.25, -0.2) is 0 Å². The van der Waals surface area contributed by atoms with Crippen LogP contribution in [-0.2, 0) is 14.4 Å². The Morgan fingerprint density at radius 3 is 2.73 bits per heavy atom. The second-order valence-corrected chi connectivity index (χ2v) is 3.24. The summed E-state index contributed by atoms with van der Waals surface area (Å²) in [6.07, 6.45) is 1.51. The maximum atomic E-state index is 11.3. The number of carboxylic acid groups (broad SMARTS) is 1. The Bertz CT molecular complexity index is 313. The van der Waals surface area contributed by atoms with Crippen molar-refractivity contribution in [3.63, 3.8) is 0 Å². The number of hydrogen-bond acceptors (Lipinski definition) is 4. The first-order valence-corrected chi connectivity index (χ1v) is 4.45. The van der Waals surface area contributed by atoms with Crippen LogP contribution < -0.4 is 5.32 Å². The van der Waals surface area contributed by atoms with Gasteiger partial charge in [0.1, 0.15) is 0 Å². The van der Waals surface area contributed by atoms with Crippen LogP contribution in [0.15, 0.2) is 12.7 Å². The molecule has 2 amide bonds. The van der Waals surface area contributed by atoms with E-state index in [4.69, 9.17) is 5.11 Å². The average molecular weight is 212 g/mol. The van der Waals surface area contributed by atoms with Crippen molar-refractivity contribution in [1.82, 2.24) is 10.2 Å². The highest BCUT2D eigenvalue weighted by molar-refractivity contribution is 6.05. The van der Waals surface area contributed by atoms with Gasteiger partial charge in [0.05, 0.1) is 19.0 Å². The second kappa shape index (κ2) is 4.70. The molecule has 0 aromatic heterocycles. The van der Waals surface area contributed by atoms with Gasteiger partial charge in [0.15, 0.2) is 0 Å². The molecule has 0 spiro atoms. The Balaban J connectivity index is 2.70. The van der Waals surface area contributed by atoms with Gasteiger partial charge in [0, 0.05) is 6.54 Å². The molecular formula is C9H12N2O4. The molecule has 1 aliphatic heterocycles. The summed E-state index contributed by atoms with van der Waals surface area (Å²) in [5, 5.41) is 10.8. The van der Waals surface area contributed by atoms with Gasteiger partial charge in [-0.05, 0) is 0 Å². The van der Waals surface area contributed by atoms with Crippen molar-refractivity contribution in [2.75, 3.05) is 13.1 Å². The zero-order valence-electron chi connectivity index (χ0n) is 8.10. The minimum Gasteiger partial charge on any atom is -0.480 e. The normalized spacial score (nSPS) is 20.5. The summed E-state index contributed by atoms with van der Waals surface area (Å²) in [4.78, 5) is 34.1. The minimum atomic E-state index is -1.04. The Morgan fingerprint density at radius 2 is 2.33 bits per heavy atom. The third kappa shape index (κ3) is 2.88. The molecule has 1 fully saturated rings. The first kappa shape index (κ1) is 11.4. The molecule has 1 saturated heterocycles. The van der Waals surface area contributed by atoms with E-state index in [9.17, 15) is 14.4 Å². The molecule has 1 aliphatic rings. The van der Waals surface area contributed by atoms with Gasteiger partial charge in [-0.1, -0.05) is 6.08 Å². The van der Waals surface area contributed by atoms with E-state index in [1.165, 1.54) is 11.0 Å². The summed E-state index contributed by atoms with van der Waals surface area (Å²) >= 11 is 0. The number of carbonyl (C=O) groups is 3. The fraction of sp³-hybridized carbons (Fsp3) is 0.444. The molecular weight excluding hydrogens is 200 g/mol. The number of rotatable bonds is 5. The summed E-state index contributed by atoms with van der Waals surface area (Å²) in [7, 11) is 0. The first-order valence-electron chi connectivity index (χ1n) is 4.45. The monoisotopic (exact) mass is 212 g/mol. The molecule has 0 radical (unpaired) electrons. The maximum Gasteiger partial charge on any atom is 0.317 e. The maximum absolute atomic E-state index is 11.3. The van der Waals surface area contributed by atoms with Crippen molar-refractivity contribution in [3.05, 3.63) is 12.7 Å². The zero-order valence-corrected chi connectivity index (χ0v) is 8.10. The molecule has 2 N–H and O–H groups in total. The molecule has 82 valence electrons. The van der Waals surface area contributed by atoms with E-state index < -0.39 is 17.9 Å². The highest BCUT2D eigenvalue weighted by Gasteiger charge is 2.35. The van der Waals surface area contributed by atoms with E-state index in [1.807, 2.05) is 0 Å². The molecule has 1 heterocycles. The molecule has 0 saturated carbocycles. The first-order chi connectivity index (χ1) is 7.04. The van der Waals surface area contributed by atoms with Crippen LogP contribution >= 0.6 is 0 Å². The molecule has 0 aromatic rings.